The lowest BCUT2D eigenvalue weighted by atomic mass is 10.1. The van der Waals surface area contributed by atoms with Crippen LogP contribution in [-0.4, -0.2) is 42.6 Å². The Morgan fingerprint density at radius 1 is 1.26 bits per heavy atom. The second-order valence-electron chi connectivity index (χ2n) is 5.30. The Morgan fingerprint density at radius 3 is 2.84 bits per heavy atom. The lowest BCUT2D eigenvalue weighted by molar-refractivity contribution is 0.244. The number of nitrogens with zero attached hydrogens (tertiary/aromatic N) is 1. The minimum absolute atomic E-state index is 0.836. The van der Waals surface area contributed by atoms with Crippen molar-refractivity contribution in [3.63, 3.8) is 0 Å². The van der Waals surface area contributed by atoms with Crippen LogP contribution in [-0.2, 0) is 6.42 Å². The van der Waals surface area contributed by atoms with Crippen molar-refractivity contribution in [1.82, 2.24) is 15.2 Å². The molecule has 2 N–H and O–H groups in total. The Kier molecular flexibility index (Phi) is 3.78. The molecule has 19 heavy (non-hydrogen) atoms. The SMILES string of the molecule is Cc1cc2c(CCN3CCNCC3)c[nH]c2cc1Cl. The number of fused-ring (bicyclic) bond motifs is 1. The first-order chi connectivity index (χ1) is 9.24. The van der Waals surface area contributed by atoms with Crippen LogP contribution in [0.25, 0.3) is 10.9 Å². The molecule has 0 saturated carbocycles. The highest BCUT2D eigenvalue weighted by Crippen LogP contribution is 2.25. The van der Waals surface area contributed by atoms with E-state index < -0.39 is 0 Å². The molecule has 1 aliphatic heterocycles. The van der Waals surface area contributed by atoms with Gasteiger partial charge in [-0.25, -0.2) is 0 Å². The fourth-order valence-corrected chi connectivity index (χ4v) is 2.89. The number of aromatic nitrogens is 1. The summed E-state index contributed by atoms with van der Waals surface area (Å²) in [5, 5.41) is 5.54. The van der Waals surface area contributed by atoms with E-state index in [1.807, 2.05) is 6.07 Å². The quantitative estimate of drug-likeness (QED) is 0.904. The lowest BCUT2D eigenvalue weighted by Crippen LogP contribution is -2.44. The molecule has 0 amide bonds. The number of nitrogens with one attached hydrogen (secondary N) is 2. The second-order valence-corrected chi connectivity index (χ2v) is 5.71. The van der Waals surface area contributed by atoms with Crippen molar-refractivity contribution in [3.05, 3.63) is 34.5 Å². The zero-order chi connectivity index (χ0) is 13.2. The largest absolute Gasteiger partial charge is 0.361 e. The van der Waals surface area contributed by atoms with Crippen molar-refractivity contribution >= 4 is 22.5 Å². The fourth-order valence-electron chi connectivity index (χ4n) is 2.73. The van der Waals surface area contributed by atoms with Gasteiger partial charge in [0.15, 0.2) is 0 Å². The van der Waals surface area contributed by atoms with Crippen LogP contribution >= 0.6 is 11.6 Å². The van der Waals surface area contributed by atoms with Gasteiger partial charge in [-0.1, -0.05) is 11.6 Å². The number of halogens is 1. The molecule has 0 radical (unpaired) electrons. The van der Waals surface area contributed by atoms with Crippen molar-refractivity contribution in [2.75, 3.05) is 32.7 Å². The average Bonchev–Trinajstić information content (AvgIpc) is 2.80. The first kappa shape index (κ1) is 13.0. The summed E-state index contributed by atoms with van der Waals surface area (Å²) in [6, 6.07) is 4.22. The van der Waals surface area contributed by atoms with Crippen molar-refractivity contribution in [1.29, 1.82) is 0 Å². The summed E-state index contributed by atoms with van der Waals surface area (Å²) in [5.41, 5.74) is 3.69. The summed E-state index contributed by atoms with van der Waals surface area (Å²) in [6.45, 7) is 7.75. The van der Waals surface area contributed by atoms with E-state index in [4.69, 9.17) is 11.6 Å². The maximum atomic E-state index is 6.16. The van der Waals surface area contributed by atoms with E-state index in [9.17, 15) is 0 Å². The molecule has 0 aliphatic carbocycles. The number of rotatable bonds is 3. The van der Waals surface area contributed by atoms with E-state index in [1.54, 1.807) is 0 Å². The minimum atomic E-state index is 0.836. The van der Waals surface area contributed by atoms with Crippen LogP contribution in [0.4, 0.5) is 0 Å². The third-order valence-corrected chi connectivity index (χ3v) is 4.36. The number of H-pyrrole nitrogens is 1. The Bertz CT molecular complexity index is 570. The maximum absolute atomic E-state index is 6.16. The van der Waals surface area contributed by atoms with Crippen LogP contribution in [0.5, 0.6) is 0 Å². The lowest BCUT2D eigenvalue weighted by Gasteiger charge is -2.26. The summed E-state index contributed by atoms with van der Waals surface area (Å²) in [7, 11) is 0. The molecule has 102 valence electrons. The Hall–Kier alpha value is -1.03. The summed E-state index contributed by atoms with van der Waals surface area (Å²) in [6.07, 6.45) is 3.23. The van der Waals surface area contributed by atoms with E-state index in [-0.39, 0.29) is 0 Å². The van der Waals surface area contributed by atoms with Gasteiger partial charge >= 0.3 is 0 Å². The van der Waals surface area contributed by atoms with Crippen LogP contribution < -0.4 is 5.32 Å². The van der Waals surface area contributed by atoms with Crippen LogP contribution in [0.1, 0.15) is 11.1 Å². The number of benzene rings is 1. The Labute approximate surface area is 118 Å². The van der Waals surface area contributed by atoms with Crippen molar-refractivity contribution in [2.24, 2.45) is 0 Å². The van der Waals surface area contributed by atoms with Gasteiger partial charge in [-0.2, -0.15) is 0 Å². The third kappa shape index (κ3) is 2.78. The van der Waals surface area contributed by atoms with E-state index in [1.165, 1.54) is 10.9 Å². The Morgan fingerprint density at radius 2 is 2.05 bits per heavy atom. The predicted molar refractivity (Wildman–Crippen MR) is 81.1 cm³/mol. The molecule has 0 bridgehead atoms. The Balaban J connectivity index is 1.75. The van der Waals surface area contributed by atoms with Crippen molar-refractivity contribution in [3.8, 4) is 0 Å². The van der Waals surface area contributed by atoms with Crippen LogP contribution in [0.2, 0.25) is 5.02 Å². The summed E-state index contributed by atoms with van der Waals surface area (Å²) in [5.74, 6) is 0. The summed E-state index contributed by atoms with van der Waals surface area (Å²) in [4.78, 5) is 5.85. The molecule has 3 rings (SSSR count). The molecule has 2 heterocycles. The van der Waals surface area contributed by atoms with E-state index >= 15 is 0 Å². The molecule has 0 unspecified atom stereocenters. The molecular formula is C15H20ClN3. The topological polar surface area (TPSA) is 31.1 Å². The first-order valence-corrected chi connectivity index (χ1v) is 7.31. The molecule has 1 aromatic heterocycles. The van der Waals surface area contributed by atoms with Gasteiger partial charge in [0.05, 0.1) is 0 Å². The number of aryl methyl sites for hydroxylation is 1. The highest BCUT2D eigenvalue weighted by Gasteiger charge is 2.11. The molecule has 0 spiro atoms. The van der Waals surface area contributed by atoms with Crippen LogP contribution in [0.15, 0.2) is 18.3 Å². The normalized spacial score (nSPS) is 17.2. The molecule has 4 heteroatoms. The van der Waals surface area contributed by atoms with Crippen LogP contribution in [0, 0.1) is 6.92 Å². The standard InChI is InChI=1S/C15H20ClN3/c1-11-8-13-12(10-18-15(13)9-14(11)16)2-5-19-6-3-17-4-7-19/h8-10,17-18H,2-7H2,1H3. The molecular weight excluding hydrogens is 258 g/mol. The zero-order valence-electron chi connectivity index (χ0n) is 11.3. The monoisotopic (exact) mass is 277 g/mol. The van der Waals surface area contributed by atoms with E-state index in [0.717, 1.165) is 55.2 Å². The van der Waals surface area contributed by atoms with Gasteiger partial charge in [-0.15, -0.1) is 0 Å². The van der Waals surface area contributed by atoms with Gasteiger partial charge < -0.3 is 15.2 Å². The van der Waals surface area contributed by atoms with Gasteiger partial charge in [-0.3, -0.25) is 0 Å². The molecule has 3 nitrogen and oxygen atoms in total. The zero-order valence-corrected chi connectivity index (χ0v) is 12.1. The average molecular weight is 278 g/mol. The van der Waals surface area contributed by atoms with E-state index in [0.29, 0.717) is 0 Å². The summed E-state index contributed by atoms with van der Waals surface area (Å²) >= 11 is 6.16. The predicted octanol–water partition coefficient (Wildman–Crippen LogP) is 2.58. The van der Waals surface area contributed by atoms with Gasteiger partial charge in [0.2, 0.25) is 0 Å². The third-order valence-electron chi connectivity index (χ3n) is 3.95. The maximum Gasteiger partial charge on any atom is 0.0471 e. The minimum Gasteiger partial charge on any atom is -0.361 e. The molecule has 2 aromatic rings. The number of hydrogen-bond donors (Lipinski definition) is 2. The van der Waals surface area contributed by atoms with Gasteiger partial charge in [0.25, 0.3) is 0 Å². The molecule has 0 atom stereocenters. The van der Waals surface area contributed by atoms with Gasteiger partial charge in [-0.05, 0) is 36.6 Å². The van der Waals surface area contributed by atoms with Crippen LogP contribution in [0.3, 0.4) is 0 Å². The highest BCUT2D eigenvalue weighted by molar-refractivity contribution is 6.32. The summed E-state index contributed by atoms with van der Waals surface area (Å²) < 4.78 is 0. The first-order valence-electron chi connectivity index (χ1n) is 6.93. The number of piperazine rings is 1. The van der Waals surface area contributed by atoms with Crippen molar-refractivity contribution in [2.45, 2.75) is 13.3 Å². The highest BCUT2D eigenvalue weighted by atomic mass is 35.5. The van der Waals surface area contributed by atoms with E-state index in [2.05, 4.69) is 34.4 Å². The van der Waals surface area contributed by atoms with Crippen molar-refractivity contribution < 1.29 is 0 Å². The molecule has 1 aromatic carbocycles. The van der Waals surface area contributed by atoms with Gasteiger partial charge in [0, 0.05) is 54.8 Å². The molecule has 1 saturated heterocycles. The smallest absolute Gasteiger partial charge is 0.0471 e. The number of hydrogen-bond acceptors (Lipinski definition) is 2. The molecule has 1 fully saturated rings. The molecule has 1 aliphatic rings. The second kappa shape index (κ2) is 5.53. The fraction of sp³-hybridized carbons (Fsp3) is 0.467. The number of aromatic amines is 1. The van der Waals surface area contributed by atoms with Gasteiger partial charge in [0.1, 0.15) is 0 Å².